The number of rotatable bonds is 8. The Morgan fingerprint density at radius 3 is 2.37 bits per heavy atom. The molecule has 0 unspecified atom stereocenters. The number of amides is 1. The average Bonchev–Trinajstić information content (AvgIpc) is 3.29. The molecule has 0 saturated heterocycles. The smallest absolute Gasteiger partial charge is 0.379 e. The van der Waals surface area contributed by atoms with Crippen molar-refractivity contribution in [1.82, 2.24) is 5.43 Å². The molecule has 1 N–H and O–H groups in total. The maximum atomic E-state index is 11.9. The van der Waals surface area contributed by atoms with Gasteiger partial charge >= 0.3 is 5.97 Å². The van der Waals surface area contributed by atoms with Gasteiger partial charge < -0.3 is 13.9 Å². The third-order valence-electron chi connectivity index (χ3n) is 4.13. The number of carbonyl (C=O) groups excluding carboxylic acids is 2. The zero-order chi connectivity index (χ0) is 21.3. The van der Waals surface area contributed by atoms with E-state index in [4.69, 9.17) is 13.9 Å². The molecule has 0 bridgehead atoms. The van der Waals surface area contributed by atoms with E-state index < -0.39 is 5.97 Å². The van der Waals surface area contributed by atoms with Gasteiger partial charge in [-0.05, 0) is 65.6 Å². The van der Waals surface area contributed by atoms with Crippen molar-refractivity contribution >= 4 is 18.1 Å². The van der Waals surface area contributed by atoms with Crippen LogP contribution in [0.4, 0.5) is 0 Å². The van der Waals surface area contributed by atoms with Crippen molar-refractivity contribution in [2.24, 2.45) is 5.10 Å². The molecular weight excluding hydrogens is 384 g/mol. The summed E-state index contributed by atoms with van der Waals surface area (Å²) < 4.78 is 15.6. The van der Waals surface area contributed by atoms with Crippen LogP contribution in [0, 0.1) is 0 Å². The van der Waals surface area contributed by atoms with Crippen LogP contribution in [0.25, 0.3) is 0 Å². The molecule has 1 heterocycles. The number of furan rings is 1. The first-order valence-electron chi connectivity index (χ1n) is 9.41. The number of nitrogens with zero attached hydrogens (tertiary/aromatic N) is 1. The van der Waals surface area contributed by atoms with E-state index in [1.807, 2.05) is 24.3 Å². The predicted octanol–water partition coefficient (Wildman–Crippen LogP) is 4.15. The van der Waals surface area contributed by atoms with E-state index in [9.17, 15) is 9.59 Å². The van der Waals surface area contributed by atoms with Gasteiger partial charge in [0.1, 0.15) is 11.5 Å². The second-order valence-corrected chi connectivity index (χ2v) is 6.74. The number of esters is 1. The largest absolute Gasteiger partial charge is 0.484 e. The Hall–Kier alpha value is -3.87. The Bertz CT molecular complexity index is 991. The van der Waals surface area contributed by atoms with E-state index in [0.29, 0.717) is 17.4 Å². The first-order valence-corrected chi connectivity index (χ1v) is 9.41. The lowest BCUT2D eigenvalue weighted by Gasteiger charge is -2.08. The highest BCUT2D eigenvalue weighted by Gasteiger charge is 2.11. The van der Waals surface area contributed by atoms with E-state index in [1.165, 1.54) is 24.1 Å². The highest BCUT2D eigenvalue weighted by molar-refractivity contribution is 5.88. The topological polar surface area (TPSA) is 90.1 Å². The molecular formula is C23H22N2O5. The summed E-state index contributed by atoms with van der Waals surface area (Å²) in [5.41, 5.74) is 4.33. The van der Waals surface area contributed by atoms with E-state index >= 15 is 0 Å². The van der Waals surface area contributed by atoms with Crippen molar-refractivity contribution in [3.05, 3.63) is 83.8 Å². The summed E-state index contributed by atoms with van der Waals surface area (Å²) in [4.78, 5) is 23.7. The van der Waals surface area contributed by atoms with Crippen molar-refractivity contribution < 1.29 is 23.5 Å². The molecule has 3 rings (SSSR count). The van der Waals surface area contributed by atoms with Gasteiger partial charge in [-0.3, -0.25) is 4.79 Å². The van der Waals surface area contributed by atoms with Gasteiger partial charge in [0, 0.05) is 0 Å². The van der Waals surface area contributed by atoms with Gasteiger partial charge in [0.05, 0.1) is 12.5 Å². The Kier molecular flexibility index (Phi) is 7.00. The van der Waals surface area contributed by atoms with Crippen LogP contribution < -0.4 is 14.9 Å². The zero-order valence-corrected chi connectivity index (χ0v) is 16.7. The molecule has 1 aromatic heterocycles. The fourth-order valence-corrected chi connectivity index (χ4v) is 2.48. The maximum absolute atomic E-state index is 11.9. The highest BCUT2D eigenvalue weighted by atomic mass is 16.5. The zero-order valence-electron chi connectivity index (χ0n) is 16.7. The predicted molar refractivity (Wildman–Crippen MR) is 112 cm³/mol. The molecule has 7 nitrogen and oxygen atoms in total. The number of hydrogen-bond acceptors (Lipinski definition) is 6. The molecule has 0 atom stereocenters. The molecule has 0 aliphatic rings. The van der Waals surface area contributed by atoms with Crippen LogP contribution in [0.1, 0.15) is 41.4 Å². The molecule has 2 aromatic carbocycles. The average molecular weight is 406 g/mol. The van der Waals surface area contributed by atoms with Crippen molar-refractivity contribution in [3.63, 3.8) is 0 Å². The van der Waals surface area contributed by atoms with Crippen LogP contribution in [0.2, 0.25) is 0 Å². The molecule has 7 heteroatoms. The lowest BCUT2D eigenvalue weighted by Crippen LogP contribution is -2.24. The van der Waals surface area contributed by atoms with Crippen LogP contribution in [0.3, 0.4) is 0 Å². The lowest BCUT2D eigenvalue weighted by atomic mass is 10.0. The maximum Gasteiger partial charge on any atom is 0.379 e. The standard InChI is InChI=1S/C23H22N2O5/c1-16(2)18-7-11-19(12-8-18)29-15-22(26)25-24-14-17-5-9-20(10-6-17)30-23(27)21-4-3-13-28-21/h3-14,16H,15H2,1-2H3,(H,25,26)/b24-14+. The first kappa shape index (κ1) is 20.9. The minimum atomic E-state index is -0.576. The highest BCUT2D eigenvalue weighted by Crippen LogP contribution is 2.18. The fraction of sp³-hybridized carbons (Fsp3) is 0.174. The van der Waals surface area contributed by atoms with E-state index in [2.05, 4.69) is 24.4 Å². The van der Waals surface area contributed by atoms with Gasteiger partial charge in [-0.1, -0.05) is 26.0 Å². The SMILES string of the molecule is CC(C)c1ccc(OCC(=O)N/N=C/c2ccc(OC(=O)c3ccco3)cc2)cc1. The Balaban J connectivity index is 1.43. The fourth-order valence-electron chi connectivity index (χ4n) is 2.48. The van der Waals surface area contributed by atoms with Gasteiger partial charge in [-0.25, -0.2) is 10.2 Å². The summed E-state index contributed by atoms with van der Waals surface area (Å²) in [5.74, 6) is 0.610. The van der Waals surface area contributed by atoms with Gasteiger partial charge in [-0.15, -0.1) is 0 Å². The number of hydrazone groups is 1. The summed E-state index contributed by atoms with van der Waals surface area (Å²) in [5, 5.41) is 3.90. The summed E-state index contributed by atoms with van der Waals surface area (Å²) in [6.45, 7) is 4.09. The number of benzene rings is 2. The quantitative estimate of drug-likeness (QED) is 0.263. The second kappa shape index (κ2) is 10.1. The molecule has 0 aliphatic carbocycles. The molecule has 0 fully saturated rings. The van der Waals surface area contributed by atoms with Crippen LogP contribution in [0.15, 0.2) is 76.4 Å². The minimum absolute atomic E-state index is 0.126. The van der Waals surface area contributed by atoms with E-state index in [0.717, 1.165) is 5.56 Å². The minimum Gasteiger partial charge on any atom is -0.484 e. The number of nitrogens with one attached hydrogen (secondary N) is 1. The third-order valence-corrected chi connectivity index (χ3v) is 4.13. The Labute approximate surface area is 174 Å². The molecule has 0 saturated carbocycles. The molecule has 30 heavy (non-hydrogen) atoms. The van der Waals surface area contributed by atoms with Gasteiger partial charge in [0.2, 0.25) is 5.76 Å². The molecule has 0 spiro atoms. The van der Waals surface area contributed by atoms with E-state index in [1.54, 1.807) is 30.3 Å². The summed E-state index contributed by atoms with van der Waals surface area (Å²) in [6, 6.07) is 17.4. The molecule has 3 aromatic rings. The Morgan fingerprint density at radius 1 is 1.03 bits per heavy atom. The van der Waals surface area contributed by atoms with Crippen LogP contribution in [0.5, 0.6) is 11.5 Å². The third kappa shape index (κ3) is 6.07. The Morgan fingerprint density at radius 2 is 1.73 bits per heavy atom. The van der Waals surface area contributed by atoms with Crippen molar-refractivity contribution in [2.75, 3.05) is 6.61 Å². The number of hydrogen-bond donors (Lipinski definition) is 1. The van der Waals surface area contributed by atoms with Crippen molar-refractivity contribution in [2.45, 2.75) is 19.8 Å². The molecule has 0 aliphatic heterocycles. The summed E-state index contributed by atoms with van der Waals surface area (Å²) in [6.07, 6.45) is 2.88. The van der Waals surface area contributed by atoms with Gasteiger partial charge in [-0.2, -0.15) is 5.10 Å². The van der Waals surface area contributed by atoms with Crippen molar-refractivity contribution in [1.29, 1.82) is 0 Å². The normalized spacial score (nSPS) is 10.9. The van der Waals surface area contributed by atoms with Crippen LogP contribution >= 0.6 is 0 Å². The number of ether oxygens (including phenoxy) is 2. The van der Waals surface area contributed by atoms with Crippen LogP contribution in [-0.2, 0) is 4.79 Å². The molecule has 0 radical (unpaired) electrons. The number of carbonyl (C=O) groups is 2. The van der Waals surface area contributed by atoms with Gasteiger partial charge in [0.15, 0.2) is 6.61 Å². The monoisotopic (exact) mass is 406 g/mol. The van der Waals surface area contributed by atoms with Gasteiger partial charge in [0.25, 0.3) is 5.91 Å². The van der Waals surface area contributed by atoms with E-state index in [-0.39, 0.29) is 18.3 Å². The summed E-state index contributed by atoms with van der Waals surface area (Å²) in [7, 11) is 0. The second-order valence-electron chi connectivity index (χ2n) is 6.74. The van der Waals surface area contributed by atoms with Crippen LogP contribution in [-0.4, -0.2) is 24.7 Å². The first-order chi connectivity index (χ1) is 14.5. The lowest BCUT2D eigenvalue weighted by molar-refractivity contribution is -0.123. The summed E-state index contributed by atoms with van der Waals surface area (Å²) >= 11 is 0. The molecule has 154 valence electrons. The molecule has 1 amide bonds. The van der Waals surface area contributed by atoms with Crippen molar-refractivity contribution in [3.8, 4) is 11.5 Å².